The van der Waals surface area contributed by atoms with Gasteiger partial charge in [0.1, 0.15) is 48.8 Å². The van der Waals surface area contributed by atoms with Gasteiger partial charge in [-0.25, -0.2) is 0 Å². The van der Waals surface area contributed by atoms with E-state index in [0.717, 1.165) is 51.4 Å². The fourth-order valence-electron chi connectivity index (χ4n) is 14.3. The summed E-state index contributed by atoms with van der Waals surface area (Å²) >= 11 is 0. The van der Waals surface area contributed by atoms with Crippen molar-refractivity contribution < 1.29 is 64.5 Å². The number of aliphatic hydroxyl groups excluding tert-OH is 8. The van der Waals surface area contributed by atoms with E-state index < -0.39 is 74.6 Å². The van der Waals surface area contributed by atoms with Crippen molar-refractivity contribution in [1.82, 2.24) is 0 Å². The number of fused-ring (bicyclic) bond motifs is 5. The van der Waals surface area contributed by atoms with Crippen molar-refractivity contribution in [2.45, 2.75) is 204 Å². The van der Waals surface area contributed by atoms with Crippen LogP contribution in [0, 0.1) is 45.3 Å². The van der Waals surface area contributed by atoms with Crippen molar-refractivity contribution in [3.8, 4) is 0 Å². The molecule has 13 nitrogen and oxygen atoms in total. The number of ether oxygens (including phenoxy) is 5. The van der Waals surface area contributed by atoms with Crippen LogP contribution in [0.25, 0.3) is 0 Å². The molecule has 7 fully saturated rings. The number of aliphatic hydroxyl groups is 8. The normalized spacial score (nSPS) is 56.3. The van der Waals surface area contributed by atoms with E-state index in [9.17, 15) is 40.9 Å². The molecule has 0 aromatic rings. The van der Waals surface area contributed by atoms with E-state index in [1.54, 1.807) is 0 Å². The maximum absolute atomic E-state index is 11.3. The van der Waals surface area contributed by atoms with Gasteiger partial charge < -0.3 is 64.5 Å². The summed E-state index contributed by atoms with van der Waals surface area (Å²) in [5.41, 5.74) is -1.43. The predicted molar refractivity (Wildman–Crippen MR) is 199 cm³/mol. The molecule has 0 spiro atoms. The lowest BCUT2D eigenvalue weighted by Crippen LogP contribution is -2.68. The minimum Gasteiger partial charge on any atom is -0.394 e. The molecule has 3 heterocycles. The van der Waals surface area contributed by atoms with Crippen LogP contribution in [0.4, 0.5) is 0 Å². The molecule has 318 valence electrons. The Balaban J connectivity index is 1.22. The Morgan fingerprint density at radius 2 is 1.15 bits per heavy atom. The van der Waals surface area contributed by atoms with E-state index in [1.165, 1.54) is 0 Å². The highest BCUT2D eigenvalue weighted by atomic mass is 16.7. The molecule has 7 rings (SSSR count). The van der Waals surface area contributed by atoms with Gasteiger partial charge in [0.25, 0.3) is 0 Å². The van der Waals surface area contributed by atoms with Gasteiger partial charge in [0, 0.05) is 0 Å². The Bertz CT molecular complexity index is 1380. The third-order valence-corrected chi connectivity index (χ3v) is 17.4. The van der Waals surface area contributed by atoms with Crippen LogP contribution in [0.15, 0.2) is 0 Å². The molecule has 13 heteroatoms. The maximum atomic E-state index is 11.3. The molecule has 3 saturated heterocycles. The first-order chi connectivity index (χ1) is 25.6. The average molecular weight is 785 g/mol. The van der Waals surface area contributed by atoms with Gasteiger partial charge in [-0.15, -0.1) is 0 Å². The van der Waals surface area contributed by atoms with Gasteiger partial charge in [-0.3, -0.25) is 0 Å². The van der Waals surface area contributed by atoms with Crippen molar-refractivity contribution in [3.05, 3.63) is 0 Å². The second-order valence-corrected chi connectivity index (χ2v) is 21.0. The van der Waals surface area contributed by atoms with Crippen LogP contribution in [0.5, 0.6) is 0 Å². The van der Waals surface area contributed by atoms with Crippen LogP contribution < -0.4 is 0 Å². The van der Waals surface area contributed by atoms with E-state index in [2.05, 4.69) is 55.4 Å². The molecule has 0 bridgehead atoms. The highest BCUT2D eigenvalue weighted by Crippen LogP contribution is 2.76. The summed E-state index contributed by atoms with van der Waals surface area (Å²) in [6.45, 7) is 17.4. The molecule has 0 radical (unpaired) electrons. The zero-order valence-electron chi connectivity index (χ0n) is 34.3. The Kier molecular flexibility index (Phi) is 11.3. The summed E-state index contributed by atoms with van der Waals surface area (Å²) in [4.78, 5) is 0. The Hall–Kier alpha value is -0.520. The molecule has 0 amide bonds. The minimum atomic E-state index is -1.54. The van der Waals surface area contributed by atoms with Crippen molar-refractivity contribution in [2.75, 3.05) is 13.2 Å². The third kappa shape index (κ3) is 6.61. The van der Waals surface area contributed by atoms with E-state index in [-0.39, 0.29) is 68.7 Å². The smallest absolute Gasteiger partial charge is 0.186 e. The average Bonchev–Trinajstić information content (AvgIpc) is 3.50. The molecule has 0 unspecified atom stereocenters. The van der Waals surface area contributed by atoms with E-state index in [4.69, 9.17) is 23.7 Å². The second-order valence-electron chi connectivity index (χ2n) is 21.0. The van der Waals surface area contributed by atoms with Gasteiger partial charge in [-0.05, 0) is 130 Å². The monoisotopic (exact) mass is 784 g/mol. The summed E-state index contributed by atoms with van der Waals surface area (Å²) in [5.74, 6) is 0.623. The zero-order valence-corrected chi connectivity index (χ0v) is 34.3. The molecule has 0 aromatic heterocycles. The molecular weight excluding hydrogens is 712 g/mol. The van der Waals surface area contributed by atoms with Crippen LogP contribution in [0.3, 0.4) is 0 Å². The third-order valence-electron chi connectivity index (χ3n) is 17.4. The summed E-state index contributed by atoms with van der Waals surface area (Å²) in [6, 6.07) is 0. The van der Waals surface area contributed by atoms with Gasteiger partial charge in [-0.1, -0.05) is 34.6 Å². The summed E-state index contributed by atoms with van der Waals surface area (Å²) in [6.07, 6.45) is -5.05. The van der Waals surface area contributed by atoms with Gasteiger partial charge in [-0.2, -0.15) is 0 Å². The number of hydrogen-bond acceptors (Lipinski definition) is 13. The van der Waals surface area contributed by atoms with Crippen LogP contribution in [0.2, 0.25) is 0 Å². The van der Waals surface area contributed by atoms with E-state index in [0.29, 0.717) is 12.8 Å². The Morgan fingerprint density at radius 1 is 0.582 bits per heavy atom. The van der Waals surface area contributed by atoms with Crippen LogP contribution in [-0.4, -0.2) is 139 Å². The highest BCUT2D eigenvalue weighted by molar-refractivity contribution is 5.21. The molecule has 4 saturated carbocycles. The SMILES string of the molecule is CC1(C)CCC[C@](C)([C@H]2CC[C@]3(C)[C@@H]2[C@H](O[C@@H]2O[C@H](CO)[C@@H](O)[C@H](O)[C@H]2O)C[C@@H]2[C@@]4(C)CC[C@H](O[C@@H]5O[C@H](CO)[C@@H](O)[C@H](O)[C@H]5O)C(C)(C)[C@@H]4CC[C@]23C)O1. The number of rotatable bonds is 7. The van der Waals surface area contributed by atoms with Gasteiger partial charge >= 0.3 is 0 Å². The van der Waals surface area contributed by atoms with Crippen LogP contribution >= 0.6 is 0 Å². The lowest BCUT2D eigenvalue weighted by molar-refractivity contribution is -0.343. The maximum Gasteiger partial charge on any atom is 0.186 e. The first kappa shape index (κ1) is 42.6. The van der Waals surface area contributed by atoms with E-state index >= 15 is 0 Å². The van der Waals surface area contributed by atoms with Crippen molar-refractivity contribution in [2.24, 2.45) is 45.3 Å². The molecule has 8 N–H and O–H groups in total. The predicted octanol–water partition coefficient (Wildman–Crippen LogP) is 2.39. The largest absolute Gasteiger partial charge is 0.394 e. The first-order valence-electron chi connectivity index (χ1n) is 21.2. The summed E-state index contributed by atoms with van der Waals surface area (Å²) < 4.78 is 32.4. The second kappa shape index (κ2) is 14.6. The van der Waals surface area contributed by atoms with Crippen molar-refractivity contribution in [1.29, 1.82) is 0 Å². The molecule has 0 aromatic carbocycles. The van der Waals surface area contributed by atoms with Gasteiger partial charge in [0.05, 0.1) is 36.6 Å². The van der Waals surface area contributed by atoms with Crippen molar-refractivity contribution >= 4 is 0 Å². The number of hydrogen-bond donors (Lipinski definition) is 8. The standard InChI is InChI=1S/C42H72O13/c1-37(2)13-9-14-42(8,55-37)21-10-16-41(7)28(21)22(51-35-33(49)31(47)29(45)23(19-43)52-35)18-26-39(5)15-12-27(38(3,4)25(39)11-17-40(26,41)6)54-36-34(50)32(48)30(46)24(20-44)53-36/h21-36,43-50H,9-20H2,1-8H3/t21-,22+,23+,24+,25-,26+,27-,28-,29+,30+,31-,32-,33+,34+,35+,36-,39-,40+,41+,42+/m0/s1. The van der Waals surface area contributed by atoms with Crippen molar-refractivity contribution in [3.63, 3.8) is 0 Å². The fraction of sp³-hybridized carbons (Fsp3) is 1.00. The molecule has 3 aliphatic heterocycles. The van der Waals surface area contributed by atoms with Crippen LogP contribution in [-0.2, 0) is 23.7 Å². The molecular formula is C42H72O13. The summed E-state index contributed by atoms with van der Waals surface area (Å²) in [5, 5.41) is 84.4. The van der Waals surface area contributed by atoms with Gasteiger partial charge in [0.2, 0.25) is 0 Å². The molecule has 7 aliphatic rings. The topological polar surface area (TPSA) is 208 Å². The quantitative estimate of drug-likeness (QED) is 0.175. The summed E-state index contributed by atoms with van der Waals surface area (Å²) in [7, 11) is 0. The first-order valence-corrected chi connectivity index (χ1v) is 21.2. The Morgan fingerprint density at radius 3 is 1.71 bits per heavy atom. The molecule has 4 aliphatic carbocycles. The minimum absolute atomic E-state index is 0.0547. The lowest BCUT2D eigenvalue weighted by atomic mass is 9.35. The van der Waals surface area contributed by atoms with E-state index in [1.807, 2.05) is 0 Å². The highest BCUT2D eigenvalue weighted by Gasteiger charge is 2.72. The molecule has 55 heavy (non-hydrogen) atoms. The van der Waals surface area contributed by atoms with Gasteiger partial charge in [0.15, 0.2) is 12.6 Å². The zero-order chi connectivity index (χ0) is 40.3. The lowest BCUT2D eigenvalue weighted by Gasteiger charge is -2.71. The fourth-order valence-corrected chi connectivity index (χ4v) is 14.3. The van der Waals surface area contributed by atoms with Crippen LogP contribution in [0.1, 0.15) is 120 Å². The Labute approximate surface area is 327 Å². The molecule has 20 atom stereocenters.